The Kier molecular flexibility index (Phi) is 5.30. The zero-order chi connectivity index (χ0) is 17.3. The van der Waals surface area contributed by atoms with Crippen LogP contribution < -0.4 is 5.32 Å². The van der Waals surface area contributed by atoms with Gasteiger partial charge in [0.15, 0.2) is 5.76 Å². The fraction of sp³-hybridized carbons (Fsp3) is 0.526. The Morgan fingerprint density at radius 2 is 2.29 bits per heavy atom. The largest absolute Gasteiger partial charge is 0.451 e. The molecular weight excluding hydrogens is 368 g/mol. The Morgan fingerprint density at radius 1 is 1.50 bits per heavy atom. The van der Waals surface area contributed by atoms with Crippen molar-refractivity contribution in [1.82, 2.24) is 10.2 Å². The summed E-state index contributed by atoms with van der Waals surface area (Å²) >= 11 is 3.47. The van der Waals surface area contributed by atoms with Crippen LogP contribution >= 0.6 is 15.9 Å². The molecule has 1 aromatic heterocycles. The molecule has 1 saturated heterocycles. The summed E-state index contributed by atoms with van der Waals surface area (Å²) in [4.78, 5) is 15.0. The number of nitrogens with zero attached hydrogens (tertiary/aromatic N) is 1. The van der Waals surface area contributed by atoms with Gasteiger partial charge in [-0.2, -0.15) is 0 Å². The Labute approximate surface area is 151 Å². The highest BCUT2D eigenvalue weighted by molar-refractivity contribution is 9.10. The molecule has 4 nitrogen and oxygen atoms in total. The van der Waals surface area contributed by atoms with E-state index in [1.807, 2.05) is 25.1 Å². The third-order valence-electron chi connectivity index (χ3n) is 4.76. The average Bonchev–Trinajstić information content (AvgIpc) is 2.84. The number of halogens is 1. The van der Waals surface area contributed by atoms with Crippen molar-refractivity contribution in [3.05, 3.63) is 34.0 Å². The van der Waals surface area contributed by atoms with E-state index in [1.54, 1.807) is 0 Å². The summed E-state index contributed by atoms with van der Waals surface area (Å²) < 4.78 is 6.76. The minimum absolute atomic E-state index is 0.0992. The van der Waals surface area contributed by atoms with Crippen LogP contribution in [0.3, 0.4) is 0 Å². The van der Waals surface area contributed by atoms with E-state index >= 15 is 0 Å². The molecule has 1 aromatic carbocycles. The fourth-order valence-corrected chi connectivity index (χ4v) is 3.95. The highest BCUT2D eigenvalue weighted by Crippen LogP contribution is 2.28. The number of piperidine rings is 1. The first kappa shape index (κ1) is 17.5. The van der Waals surface area contributed by atoms with Gasteiger partial charge in [-0.15, -0.1) is 0 Å². The number of benzene rings is 1. The van der Waals surface area contributed by atoms with Gasteiger partial charge in [0, 0.05) is 34.6 Å². The number of aryl methyl sites for hydroxylation is 1. The predicted octanol–water partition coefficient (Wildman–Crippen LogP) is 4.35. The second kappa shape index (κ2) is 7.28. The molecule has 3 rings (SSSR count). The number of carbonyl (C=O) groups excluding carboxylic acids is 1. The highest BCUT2D eigenvalue weighted by Gasteiger charge is 2.22. The topological polar surface area (TPSA) is 45.5 Å². The van der Waals surface area contributed by atoms with Crippen molar-refractivity contribution in [1.29, 1.82) is 0 Å². The summed E-state index contributed by atoms with van der Waals surface area (Å²) in [6.07, 6.45) is 2.56. The van der Waals surface area contributed by atoms with Crippen LogP contribution in [0.15, 0.2) is 27.1 Å². The van der Waals surface area contributed by atoms with Crippen LogP contribution in [0.4, 0.5) is 0 Å². The molecule has 1 amide bonds. The predicted molar refractivity (Wildman–Crippen MR) is 100 cm³/mol. The van der Waals surface area contributed by atoms with Crippen molar-refractivity contribution in [2.24, 2.45) is 5.92 Å². The third-order valence-corrected chi connectivity index (χ3v) is 5.25. The zero-order valence-corrected chi connectivity index (χ0v) is 16.1. The van der Waals surface area contributed by atoms with Gasteiger partial charge in [0.2, 0.25) is 0 Å². The summed E-state index contributed by atoms with van der Waals surface area (Å²) in [5.41, 5.74) is 1.64. The summed E-state index contributed by atoms with van der Waals surface area (Å²) in [5.74, 6) is 1.04. The molecule has 2 aromatic rings. The smallest absolute Gasteiger partial charge is 0.287 e. The number of likely N-dealkylation sites (tertiary alicyclic amines) is 1. The van der Waals surface area contributed by atoms with Gasteiger partial charge < -0.3 is 14.6 Å². The molecule has 0 bridgehead atoms. The molecule has 2 atom stereocenters. The van der Waals surface area contributed by atoms with Crippen molar-refractivity contribution in [2.45, 2.75) is 39.7 Å². The summed E-state index contributed by atoms with van der Waals surface area (Å²) in [6, 6.07) is 5.90. The minimum Gasteiger partial charge on any atom is -0.451 e. The standard InChI is InChI=1S/C19H25BrN2O2/c1-12-5-4-8-22(10-12)11-13(2)21-19(23)18-14(3)16-9-15(20)6-7-17(16)24-18/h6-7,9,12-13H,4-5,8,10-11H2,1-3H3,(H,21,23). The molecule has 130 valence electrons. The monoisotopic (exact) mass is 392 g/mol. The quantitative estimate of drug-likeness (QED) is 0.840. The number of hydrogen-bond acceptors (Lipinski definition) is 3. The Hall–Kier alpha value is -1.33. The van der Waals surface area contributed by atoms with E-state index in [1.165, 1.54) is 12.8 Å². The molecule has 2 heterocycles. The second-order valence-corrected chi connectivity index (χ2v) is 7.99. The van der Waals surface area contributed by atoms with Gasteiger partial charge in [0.1, 0.15) is 5.58 Å². The molecule has 2 unspecified atom stereocenters. The van der Waals surface area contributed by atoms with Gasteiger partial charge >= 0.3 is 0 Å². The van der Waals surface area contributed by atoms with E-state index in [2.05, 4.69) is 40.0 Å². The van der Waals surface area contributed by atoms with E-state index in [4.69, 9.17) is 4.42 Å². The summed E-state index contributed by atoms with van der Waals surface area (Å²) in [6.45, 7) is 9.43. The molecule has 24 heavy (non-hydrogen) atoms. The third kappa shape index (κ3) is 3.83. The second-order valence-electron chi connectivity index (χ2n) is 7.08. The van der Waals surface area contributed by atoms with Crippen LogP contribution in [0.1, 0.15) is 42.8 Å². The van der Waals surface area contributed by atoms with Gasteiger partial charge in [-0.05, 0) is 57.4 Å². The van der Waals surface area contributed by atoms with Gasteiger partial charge in [-0.3, -0.25) is 4.79 Å². The minimum atomic E-state index is -0.127. The van der Waals surface area contributed by atoms with Crippen molar-refractivity contribution < 1.29 is 9.21 Å². The molecule has 1 aliphatic rings. The van der Waals surface area contributed by atoms with Crippen molar-refractivity contribution in [3.63, 3.8) is 0 Å². The number of amides is 1. The average molecular weight is 393 g/mol. The van der Waals surface area contributed by atoms with Gasteiger partial charge in [0.05, 0.1) is 0 Å². The fourth-order valence-electron chi connectivity index (χ4n) is 3.58. The maximum Gasteiger partial charge on any atom is 0.287 e. The number of nitrogens with one attached hydrogen (secondary N) is 1. The molecule has 0 aliphatic carbocycles. The zero-order valence-electron chi connectivity index (χ0n) is 14.6. The van der Waals surface area contributed by atoms with E-state index in [0.29, 0.717) is 5.76 Å². The molecule has 1 N–H and O–H groups in total. The maximum atomic E-state index is 12.6. The first-order chi connectivity index (χ1) is 11.4. The molecule has 1 fully saturated rings. The lowest BCUT2D eigenvalue weighted by molar-refractivity contribution is 0.0893. The number of hydrogen-bond donors (Lipinski definition) is 1. The van der Waals surface area contributed by atoms with Crippen LogP contribution in [-0.2, 0) is 0 Å². The van der Waals surface area contributed by atoms with E-state index < -0.39 is 0 Å². The van der Waals surface area contributed by atoms with Crippen molar-refractivity contribution in [3.8, 4) is 0 Å². The van der Waals surface area contributed by atoms with Crippen LogP contribution in [0.2, 0.25) is 0 Å². The number of carbonyl (C=O) groups is 1. The lowest BCUT2D eigenvalue weighted by atomic mass is 10.00. The summed E-state index contributed by atoms with van der Waals surface area (Å²) in [7, 11) is 0. The van der Waals surface area contributed by atoms with Gasteiger partial charge in [-0.25, -0.2) is 0 Å². The molecule has 0 saturated carbocycles. The molecule has 0 spiro atoms. The molecule has 5 heteroatoms. The van der Waals surface area contributed by atoms with Crippen molar-refractivity contribution >= 4 is 32.8 Å². The Morgan fingerprint density at radius 3 is 3.04 bits per heavy atom. The lowest BCUT2D eigenvalue weighted by Gasteiger charge is -2.32. The van der Waals surface area contributed by atoms with E-state index in [0.717, 1.165) is 46.6 Å². The van der Waals surface area contributed by atoms with Gasteiger partial charge in [0.25, 0.3) is 5.91 Å². The van der Waals surface area contributed by atoms with Crippen LogP contribution in [0, 0.1) is 12.8 Å². The van der Waals surface area contributed by atoms with Crippen LogP contribution in [0.5, 0.6) is 0 Å². The Bertz CT molecular complexity index is 740. The SMILES string of the molecule is Cc1c(C(=O)NC(C)CN2CCCC(C)C2)oc2ccc(Br)cc12. The summed E-state index contributed by atoms with van der Waals surface area (Å²) in [5, 5.41) is 4.07. The van der Waals surface area contributed by atoms with E-state index in [9.17, 15) is 4.79 Å². The number of furan rings is 1. The van der Waals surface area contributed by atoms with Gasteiger partial charge in [-0.1, -0.05) is 22.9 Å². The van der Waals surface area contributed by atoms with E-state index in [-0.39, 0.29) is 11.9 Å². The van der Waals surface area contributed by atoms with Crippen LogP contribution in [0.25, 0.3) is 11.0 Å². The molecule has 0 radical (unpaired) electrons. The molecule has 1 aliphatic heterocycles. The maximum absolute atomic E-state index is 12.6. The first-order valence-corrected chi connectivity index (χ1v) is 9.45. The lowest BCUT2D eigenvalue weighted by Crippen LogP contribution is -2.45. The van der Waals surface area contributed by atoms with Crippen LogP contribution in [-0.4, -0.2) is 36.5 Å². The number of fused-ring (bicyclic) bond motifs is 1. The highest BCUT2D eigenvalue weighted by atomic mass is 79.9. The number of rotatable bonds is 4. The van der Waals surface area contributed by atoms with Crippen molar-refractivity contribution in [2.75, 3.05) is 19.6 Å². The first-order valence-electron chi connectivity index (χ1n) is 8.66. The molecular formula is C19H25BrN2O2. The normalized spacial score (nSPS) is 20.2. The Balaban J connectivity index is 1.67.